The molecule has 1 aliphatic heterocycles. The Morgan fingerprint density at radius 1 is 1.24 bits per heavy atom. The second kappa shape index (κ2) is 5.65. The highest BCUT2D eigenvalue weighted by atomic mass is 16.5. The van der Waals surface area contributed by atoms with Crippen LogP contribution < -0.4 is 0 Å². The highest BCUT2D eigenvalue weighted by Crippen LogP contribution is 2.17. The number of aromatic nitrogens is 3. The fourth-order valence-corrected chi connectivity index (χ4v) is 2.61. The summed E-state index contributed by atoms with van der Waals surface area (Å²) >= 11 is 0. The molecule has 1 aliphatic rings. The van der Waals surface area contributed by atoms with Crippen LogP contribution in [0.25, 0.3) is 5.82 Å². The van der Waals surface area contributed by atoms with Crippen molar-refractivity contribution in [3.63, 3.8) is 0 Å². The summed E-state index contributed by atoms with van der Waals surface area (Å²) in [4.78, 5) is 19.0. The fraction of sp³-hybridized carbons (Fsp3) is 0.400. The molecule has 3 heterocycles. The first-order chi connectivity index (χ1) is 10.2. The maximum atomic E-state index is 12.7. The first-order valence-corrected chi connectivity index (χ1v) is 7.04. The average Bonchev–Trinajstić information content (AvgIpc) is 3.01. The van der Waals surface area contributed by atoms with Crippen LogP contribution in [-0.2, 0) is 4.74 Å². The van der Waals surface area contributed by atoms with E-state index in [1.54, 1.807) is 23.1 Å². The maximum Gasteiger partial charge on any atom is 0.273 e. The number of rotatable bonds is 2. The zero-order chi connectivity index (χ0) is 14.8. The Morgan fingerprint density at radius 3 is 2.67 bits per heavy atom. The summed E-state index contributed by atoms with van der Waals surface area (Å²) in [6.45, 7) is 5.11. The van der Waals surface area contributed by atoms with Gasteiger partial charge in [-0.2, -0.15) is 5.10 Å². The molecule has 0 saturated carbocycles. The van der Waals surface area contributed by atoms with Crippen LogP contribution in [0.5, 0.6) is 0 Å². The second-order valence-electron chi connectivity index (χ2n) is 5.28. The maximum absolute atomic E-state index is 12.7. The molecule has 3 rings (SSSR count). The molecule has 0 aliphatic carbocycles. The van der Waals surface area contributed by atoms with Gasteiger partial charge in [0.2, 0.25) is 0 Å². The molecule has 0 bridgehead atoms. The standard InChI is InChI=1S/C15H18N4O2/c1-11-9-21-10-12(2)19(11)15(20)13-5-3-6-14(17-13)18-8-4-7-16-18/h3-8,11-12H,9-10H2,1-2H3. The summed E-state index contributed by atoms with van der Waals surface area (Å²) in [5.74, 6) is 0.576. The van der Waals surface area contributed by atoms with E-state index in [4.69, 9.17) is 4.74 Å². The third-order valence-corrected chi connectivity index (χ3v) is 3.59. The minimum absolute atomic E-state index is 0.0522. The molecule has 1 amide bonds. The Labute approximate surface area is 123 Å². The third kappa shape index (κ3) is 2.67. The average molecular weight is 286 g/mol. The number of amides is 1. The smallest absolute Gasteiger partial charge is 0.273 e. The van der Waals surface area contributed by atoms with E-state index in [0.717, 1.165) is 0 Å². The highest BCUT2D eigenvalue weighted by Gasteiger charge is 2.31. The zero-order valence-electron chi connectivity index (χ0n) is 12.1. The van der Waals surface area contributed by atoms with Gasteiger partial charge in [0.05, 0.1) is 25.3 Å². The summed E-state index contributed by atoms with van der Waals surface area (Å²) in [6.07, 6.45) is 3.48. The summed E-state index contributed by atoms with van der Waals surface area (Å²) in [7, 11) is 0. The Hall–Kier alpha value is -2.21. The summed E-state index contributed by atoms with van der Waals surface area (Å²) in [5.41, 5.74) is 0.434. The van der Waals surface area contributed by atoms with E-state index in [9.17, 15) is 4.79 Å². The number of carbonyl (C=O) groups excluding carboxylic acids is 1. The van der Waals surface area contributed by atoms with Gasteiger partial charge < -0.3 is 9.64 Å². The van der Waals surface area contributed by atoms with E-state index in [2.05, 4.69) is 10.1 Å². The SMILES string of the molecule is CC1COCC(C)N1C(=O)c1cccc(-n2cccn2)n1. The minimum atomic E-state index is -0.0627. The molecular weight excluding hydrogens is 268 g/mol. The zero-order valence-corrected chi connectivity index (χ0v) is 12.1. The van der Waals surface area contributed by atoms with Gasteiger partial charge in [-0.3, -0.25) is 4.79 Å². The molecule has 21 heavy (non-hydrogen) atoms. The topological polar surface area (TPSA) is 60.2 Å². The van der Waals surface area contributed by atoms with E-state index < -0.39 is 0 Å². The van der Waals surface area contributed by atoms with Gasteiger partial charge in [0.1, 0.15) is 5.69 Å². The number of carbonyl (C=O) groups is 1. The van der Waals surface area contributed by atoms with Gasteiger partial charge >= 0.3 is 0 Å². The second-order valence-corrected chi connectivity index (χ2v) is 5.28. The summed E-state index contributed by atoms with van der Waals surface area (Å²) < 4.78 is 7.11. The lowest BCUT2D eigenvalue weighted by atomic mass is 10.1. The molecule has 0 spiro atoms. The number of morpholine rings is 1. The van der Waals surface area contributed by atoms with Gasteiger partial charge in [0.15, 0.2) is 5.82 Å². The predicted molar refractivity (Wildman–Crippen MR) is 77.3 cm³/mol. The Kier molecular flexibility index (Phi) is 3.70. The number of hydrogen-bond acceptors (Lipinski definition) is 4. The third-order valence-electron chi connectivity index (χ3n) is 3.59. The Balaban J connectivity index is 1.89. The molecule has 0 aromatic carbocycles. The van der Waals surface area contributed by atoms with Crippen molar-refractivity contribution < 1.29 is 9.53 Å². The summed E-state index contributed by atoms with van der Waals surface area (Å²) in [6, 6.07) is 7.32. The molecule has 110 valence electrons. The predicted octanol–water partition coefficient (Wildman–Crippen LogP) is 1.52. The van der Waals surface area contributed by atoms with Gasteiger partial charge in [-0.15, -0.1) is 0 Å². The number of hydrogen-bond donors (Lipinski definition) is 0. The molecule has 2 unspecified atom stereocenters. The molecule has 1 fully saturated rings. The van der Waals surface area contributed by atoms with Crippen molar-refractivity contribution in [1.29, 1.82) is 0 Å². The number of nitrogens with zero attached hydrogens (tertiary/aromatic N) is 4. The molecular formula is C15H18N4O2. The van der Waals surface area contributed by atoms with Crippen molar-refractivity contribution in [2.75, 3.05) is 13.2 Å². The van der Waals surface area contributed by atoms with Crippen molar-refractivity contribution in [2.24, 2.45) is 0 Å². The van der Waals surface area contributed by atoms with Gasteiger partial charge in [0.25, 0.3) is 5.91 Å². The van der Waals surface area contributed by atoms with E-state index >= 15 is 0 Å². The van der Waals surface area contributed by atoms with Crippen LogP contribution in [0.1, 0.15) is 24.3 Å². The summed E-state index contributed by atoms with van der Waals surface area (Å²) in [5, 5.41) is 4.14. The number of pyridine rings is 1. The lowest BCUT2D eigenvalue weighted by molar-refractivity contribution is -0.0252. The van der Waals surface area contributed by atoms with Crippen LogP contribution in [-0.4, -0.2) is 50.9 Å². The Morgan fingerprint density at radius 2 is 2.00 bits per heavy atom. The molecule has 1 saturated heterocycles. The van der Waals surface area contributed by atoms with Crippen molar-refractivity contribution in [3.8, 4) is 5.82 Å². The van der Waals surface area contributed by atoms with Gasteiger partial charge in [0, 0.05) is 12.4 Å². The Bertz CT molecular complexity index is 616. The van der Waals surface area contributed by atoms with E-state index in [1.807, 2.05) is 36.9 Å². The molecule has 0 radical (unpaired) electrons. The van der Waals surface area contributed by atoms with E-state index in [-0.39, 0.29) is 18.0 Å². The van der Waals surface area contributed by atoms with Crippen molar-refractivity contribution in [1.82, 2.24) is 19.7 Å². The molecule has 2 aromatic rings. The number of ether oxygens (including phenoxy) is 1. The normalized spacial score (nSPS) is 22.3. The monoisotopic (exact) mass is 286 g/mol. The highest BCUT2D eigenvalue weighted by molar-refractivity contribution is 5.93. The van der Waals surface area contributed by atoms with Gasteiger partial charge in [-0.25, -0.2) is 9.67 Å². The molecule has 6 nitrogen and oxygen atoms in total. The minimum Gasteiger partial charge on any atom is -0.377 e. The van der Waals surface area contributed by atoms with Crippen LogP contribution in [0, 0.1) is 0 Å². The van der Waals surface area contributed by atoms with Gasteiger partial charge in [-0.05, 0) is 32.0 Å². The quantitative estimate of drug-likeness (QED) is 0.839. The van der Waals surface area contributed by atoms with Crippen LogP contribution in [0.15, 0.2) is 36.7 Å². The molecule has 0 N–H and O–H groups in total. The largest absolute Gasteiger partial charge is 0.377 e. The molecule has 2 aromatic heterocycles. The lowest BCUT2D eigenvalue weighted by Crippen LogP contribution is -2.52. The first kappa shape index (κ1) is 13.8. The van der Waals surface area contributed by atoms with Gasteiger partial charge in [-0.1, -0.05) is 6.07 Å². The first-order valence-electron chi connectivity index (χ1n) is 7.04. The van der Waals surface area contributed by atoms with Crippen molar-refractivity contribution >= 4 is 5.91 Å². The van der Waals surface area contributed by atoms with Crippen molar-refractivity contribution in [2.45, 2.75) is 25.9 Å². The van der Waals surface area contributed by atoms with Crippen LogP contribution in [0.2, 0.25) is 0 Å². The van der Waals surface area contributed by atoms with Crippen LogP contribution >= 0.6 is 0 Å². The lowest BCUT2D eigenvalue weighted by Gasteiger charge is -2.38. The van der Waals surface area contributed by atoms with E-state index in [0.29, 0.717) is 24.7 Å². The molecule has 6 heteroatoms. The molecule has 2 atom stereocenters. The van der Waals surface area contributed by atoms with Crippen LogP contribution in [0.4, 0.5) is 0 Å². The van der Waals surface area contributed by atoms with Crippen molar-refractivity contribution in [3.05, 3.63) is 42.4 Å². The van der Waals surface area contributed by atoms with E-state index in [1.165, 1.54) is 0 Å². The van der Waals surface area contributed by atoms with Crippen LogP contribution in [0.3, 0.4) is 0 Å². The fourth-order valence-electron chi connectivity index (χ4n) is 2.61.